The Morgan fingerprint density at radius 3 is 2.52 bits per heavy atom. The first-order valence-corrected chi connectivity index (χ1v) is 8.90. The molecule has 0 saturated heterocycles. The van der Waals surface area contributed by atoms with Crippen molar-refractivity contribution >= 4 is 11.6 Å². The van der Waals surface area contributed by atoms with Gasteiger partial charge in [0, 0.05) is 24.5 Å². The summed E-state index contributed by atoms with van der Waals surface area (Å²) in [6.07, 6.45) is 0.596. The number of ether oxygens (including phenoxy) is 3. The Labute approximate surface area is 159 Å². The van der Waals surface area contributed by atoms with Crippen molar-refractivity contribution in [3.63, 3.8) is 0 Å². The van der Waals surface area contributed by atoms with Gasteiger partial charge in [-0.1, -0.05) is 18.2 Å². The van der Waals surface area contributed by atoms with Crippen molar-refractivity contribution in [1.82, 2.24) is 5.01 Å². The van der Waals surface area contributed by atoms with E-state index in [-0.39, 0.29) is 11.9 Å². The number of hydrogen-bond donors (Lipinski definition) is 0. The number of nitrogens with zero attached hydrogens (tertiary/aromatic N) is 2. The molecular weight excluding hydrogens is 344 g/mol. The van der Waals surface area contributed by atoms with E-state index in [1.54, 1.807) is 14.2 Å². The van der Waals surface area contributed by atoms with E-state index in [4.69, 9.17) is 14.2 Å². The molecule has 2 aromatic rings. The Morgan fingerprint density at radius 2 is 1.85 bits per heavy atom. The molecule has 0 aromatic heterocycles. The summed E-state index contributed by atoms with van der Waals surface area (Å²) in [5.41, 5.74) is 2.67. The Balaban J connectivity index is 1.97. The minimum Gasteiger partial charge on any atom is -0.494 e. The monoisotopic (exact) mass is 368 g/mol. The van der Waals surface area contributed by atoms with Gasteiger partial charge in [0.2, 0.25) is 5.91 Å². The lowest BCUT2D eigenvalue weighted by Crippen LogP contribution is -2.24. The fourth-order valence-electron chi connectivity index (χ4n) is 3.28. The molecule has 1 aliphatic rings. The van der Waals surface area contributed by atoms with E-state index < -0.39 is 0 Å². The van der Waals surface area contributed by atoms with Gasteiger partial charge < -0.3 is 14.2 Å². The van der Waals surface area contributed by atoms with Crippen molar-refractivity contribution in [2.24, 2.45) is 5.10 Å². The first-order valence-electron chi connectivity index (χ1n) is 8.90. The summed E-state index contributed by atoms with van der Waals surface area (Å²) in [6, 6.07) is 13.2. The number of carbonyl (C=O) groups excluding carboxylic acids is 1. The molecule has 6 heteroatoms. The molecule has 1 amide bonds. The average molecular weight is 368 g/mol. The minimum absolute atomic E-state index is 0.109. The van der Waals surface area contributed by atoms with Gasteiger partial charge in [0.25, 0.3) is 0 Å². The Hall–Kier alpha value is -3.02. The van der Waals surface area contributed by atoms with Crippen LogP contribution >= 0.6 is 0 Å². The zero-order valence-electron chi connectivity index (χ0n) is 16.1. The summed E-state index contributed by atoms with van der Waals surface area (Å²) in [7, 11) is 3.20. The molecule has 0 N–H and O–H groups in total. The van der Waals surface area contributed by atoms with E-state index >= 15 is 0 Å². The molecule has 0 bridgehead atoms. The Bertz CT molecular complexity index is 863. The maximum absolute atomic E-state index is 12.2. The van der Waals surface area contributed by atoms with Gasteiger partial charge in [0.1, 0.15) is 5.75 Å². The van der Waals surface area contributed by atoms with Crippen molar-refractivity contribution < 1.29 is 19.0 Å². The smallest absolute Gasteiger partial charge is 0.240 e. The number of hydrogen-bond acceptors (Lipinski definition) is 5. The van der Waals surface area contributed by atoms with Crippen molar-refractivity contribution in [3.8, 4) is 17.2 Å². The molecule has 0 radical (unpaired) electrons. The third-order valence-corrected chi connectivity index (χ3v) is 4.53. The van der Waals surface area contributed by atoms with Gasteiger partial charge in [-0.05, 0) is 31.2 Å². The van der Waals surface area contributed by atoms with Crippen molar-refractivity contribution in [2.45, 2.75) is 26.3 Å². The van der Waals surface area contributed by atoms with E-state index in [0.717, 1.165) is 22.6 Å². The van der Waals surface area contributed by atoms with Crippen molar-refractivity contribution in [1.29, 1.82) is 0 Å². The van der Waals surface area contributed by atoms with Crippen LogP contribution in [0.4, 0.5) is 0 Å². The fraction of sp³-hybridized carbons (Fsp3) is 0.333. The molecule has 1 heterocycles. The summed E-state index contributed by atoms with van der Waals surface area (Å²) in [5.74, 6) is 1.95. The topological polar surface area (TPSA) is 60.4 Å². The maximum atomic E-state index is 12.2. The molecule has 142 valence electrons. The average Bonchev–Trinajstić information content (AvgIpc) is 3.13. The second-order valence-electron chi connectivity index (χ2n) is 6.17. The van der Waals surface area contributed by atoms with Crippen LogP contribution in [0.1, 0.15) is 37.4 Å². The van der Waals surface area contributed by atoms with Crippen LogP contribution in [0.5, 0.6) is 17.2 Å². The highest BCUT2D eigenvalue weighted by Gasteiger charge is 2.33. The first kappa shape index (κ1) is 18.8. The highest BCUT2D eigenvalue weighted by Crippen LogP contribution is 2.38. The normalized spacial score (nSPS) is 16.1. The van der Waals surface area contributed by atoms with Crippen LogP contribution in [0, 0.1) is 0 Å². The third-order valence-electron chi connectivity index (χ3n) is 4.53. The second-order valence-corrected chi connectivity index (χ2v) is 6.17. The number of benzene rings is 2. The molecule has 0 spiro atoms. The zero-order chi connectivity index (χ0) is 19.4. The van der Waals surface area contributed by atoms with Gasteiger partial charge in [0.05, 0.1) is 32.6 Å². The van der Waals surface area contributed by atoms with E-state index in [2.05, 4.69) is 5.10 Å². The predicted molar refractivity (Wildman–Crippen MR) is 104 cm³/mol. The van der Waals surface area contributed by atoms with E-state index in [1.807, 2.05) is 49.4 Å². The van der Waals surface area contributed by atoms with Crippen LogP contribution in [-0.2, 0) is 4.79 Å². The van der Waals surface area contributed by atoms with Gasteiger partial charge in [0.15, 0.2) is 11.5 Å². The number of rotatable bonds is 6. The number of methoxy groups -OCH3 is 2. The molecule has 0 fully saturated rings. The maximum Gasteiger partial charge on any atom is 0.240 e. The molecule has 6 nitrogen and oxygen atoms in total. The van der Waals surface area contributed by atoms with Crippen LogP contribution in [-0.4, -0.2) is 37.5 Å². The van der Waals surface area contributed by atoms with E-state index in [9.17, 15) is 4.79 Å². The number of amides is 1. The predicted octanol–water partition coefficient (Wildman–Crippen LogP) is 3.80. The van der Waals surface area contributed by atoms with Gasteiger partial charge in [-0.25, -0.2) is 5.01 Å². The van der Waals surface area contributed by atoms with Crippen LogP contribution in [0.25, 0.3) is 0 Å². The lowest BCUT2D eigenvalue weighted by molar-refractivity contribution is -0.130. The standard InChI is InChI=1S/C21H24N2O4/c1-5-27-19-9-7-6-8-16(19)18-13-17(22-23(18)14(2)24)15-10-11-20(25-3)21(12-15)26-4/h6-12,18H,5,13H2,1-4H3/t18-/m1/s1. The van der Waals surface area contributed by atoms with Crippen LogP contribution in [0.3, 0.4) is 0 Å². The summed E-state index contributed by atoms with van der Waals surface area (Å²) in [4.78, 5) is 12.2. The number of para-hydroxylation sites is 1. The lowest BCUT2D eigenvalue weighted by Gasteiger charge is -2.22. The SMILES string of the molecule is CCOc1ccccc1[C@H]1CC(c2ccc(OC)c(OC)c2)=NN1C(C)=O. The molecule has 0 saturated carbocycles. The van der Waals surface area contributed by atoms with Gasteiger partial charge in [-0.2, -0.15) is 5.10 Å². The lowest BCUT2D eigenvalue weighted by atomic mass is 9.97. The fourth-order valence-corrected chi connectivity index (χ4v) is 3.28. The van der Waals surface area contributed by atoms with E-state index in [1.165, 1.54) is 11.9 Å². The summed E-state index contributed by atoms with van der Waals surface area (Å²) >= 11 is 0. The molecule has 2 aromatic carbocycles. The summed E-state index contributed by atoms with van der Waals surface area (Å²) in [5, 5.41) is 6.13. The summed E-state index contributed by atoms with van der Waals surface area (Å²) in [6.45, 7) is 4.03. The molecule has 0 aliphatic carbocycles. The minimum atomic E-state index is -0.201. The molecule has 1 aliphatic heterocycles. The Morgan fingerprint density at radius 1 is 1.11 bits per heavy atom. The van der Waals surface area contributed by atoms with Gasteiger partial charge in [-0.3, -0.25) is 4.79 Å². The zero-order valence-corrected chi connectivity index (χ0v) is 16.1. The van der Waals surface area contributed by atoms with Crippen LogP contribution < -0.4 is 14.2 Å². The molecule has 0 unspecified atom stereocenters. The second kappa shape index (κ2) is 8.12. The number of carbonyl (C=O) groups is 1. The van der Waals surface area contributed by atoms with E-state index in [0.29, 0.717) is 24.5 Å². The highest BCUT2D eigenvalue weighted by atomic mass is 16.5. The van der Waals surface area contributed by atoms with Crippen LogP contribution in [0.2, 0.25) is 0 Å². The summed E-state index contributed by atoms with van der Waals surface area (Å²) < 4.78 is 16.5. The first-order chi connectivity index (χ1) is 13.1. The van der Waals surface area contributed by atoms with Crippen molar-refractivity contribution in [2.75, 3.05) is 20.8 Å². The quantitative estimate of drug-likeness (QED) is 0.778. The molecule has 3 rings (SSSR count). The van der Waals surface area contributed by atoms with Crippen molar-refractivity contribution in [3.05, 3.63) is 53.6 Å². The highest BCUT2D eigenvalue weighted by molar-refractivity contribution is 6.03. The third kappa shape index (κ3) is 3.74. The Kier molecular flexibility index (Phi) is 5.64. The molecule has 1 atom stereocenters. The number of hydrazone groups is 1. The van der Waals surface area contributed by atoms with Gasteiger partial charge >= 0.3 is 0 Å². The largest absolute Gasteiger partial charge is 0.494 e. The van der Waals surface area contributed by atoms with Gasteiger partial charge in [-0.15, -0.1) is 0 Å². The van der Waals surface area contributed by atoms with Crippen LogP contribution in [0.15, 0.2) is 47.6 Å². The molecule has 27 heavy (non-hydrogen) atoms. The molecular formula is C21H24N2O4.